The highest BCUT2D eigenvalue weighted by atomic mass is 32.1. The summed E-state index contributed by atoms with van der Waals surface area (Å²) in [5, 5.41) is 8.30. The maximum Gasteiger partial charge on any atom is 0.147 e. The van der Waals surface area contributed by atoms with Gasteiger partial charge in [0.25, 0.3) is 0 Å². The summed E-state index contributed by atoms with van der Waals surface area (Å²) in [7, 11) is 1.67. The number of methoxy groups -OCH3 is 1. The molecule has 0 saturated heterocycles. The number of benzene rings is 2. The number of thiol groups is 1. The second kappa shape index (κ2) is 8.09. The highest BCUT2D eigenvalue weighted by Crippen LogP contribution is 2.33. The normalized spacial score (nSPS) is 9.58. The Kier molecular flexibility index (Phi) is 5.88. The van der Waals surface area contributed by atoms with Gasteiger partial charge < -0.3 is 15.5 Å². The van der Waals surface area contributed by atoms with E-state index in [1.165, 1.54) is 12.1 Å². The molecule has 24 heavy (non-hydrogen) atoms. The minimum absolute atomic E-state index is 0.0685. The van der Waals surface area contributed by atoms with Gasteiger partial charge in [-0.25, -0.2) is 4.39 Å². The first-order valence-corrected chi connectivity index (χ1v) is 7.45. The van der Waals surface area contributed by atoms with Crippen molar-refractivity contribution in [1.29, 1.82) is 5.26 Å². The second-order valence-corrected chi connectivity index (χ2v) is 5.28. The number of nitriles is 1. The van der Waals surface area contributed by atoms with E-state index in [1.54, 1.807) is 13.2 Å². The van der Waals surface area contributed by atoms with Crippen LogP contribution in [0.15, 0.2) is 59.8 Å². The van der Waals surface area contributed by atoms with E-state index in [0.717, 1.165) is 27.8 Å². The number of anilines is 1. The molecule has 0 aliphatic heterocycles. The number of nitrogens with two attached hydrogens (primary N) is 1. The Morgan fingerprint density at radius 2 is 1.92 bits per heavy atom. The van der Waals surface area contributed by atoms with Crippen LogP contribution >= 0.6 is 12.6 Å². The third-order valence-electron chi connectivity index (χ3n) is 3.25. The SMILES string of the molecule is COc1ccccc1-c1c[nH]cc1S.N#Cc1ccc(N)c(F)c1. The van der Waals surface area contributed by atoms with Crippen LogP contribution in [0, 0.1) is 17.1 Å². The molecule has 6 heteroatoms. The van der Waals surface area contributed by atoms with Crippen molar-refractivity contribution >= 4 is 18.3 Å². The molecule has 1 heterocycles. The van der Waals surface area contributed by atoms with Crippen molar-refractivity contribution < 1.29 is 9.13 Å². The quantitative estimate of drug-likeness (QED) is 0.481. The van der Waals surface area contributed by atoms with Crippen LogP contribution in [0.25, 0.3) is 11.1 Å². The lowest BCUT2D eigenvalue weighted by Gasteiger charge is -2.06. The molecule has 0 amide bonds. The van der Waals surface area contributed by atoms with Gasteiger partial charge in [-0.2, -0.15) is 5.26 Å². The molecule has 0 aliphatic carbocycles. The van der Waals surface area contributed by atoms with Crippen molar-refractivity contribution in [3.63, 3.8) is 0 Å². The summed E-state index contributed by atoms with van der Waals surface area (Å²) in [5.74, 6) is 0.321. The van der Waals surface area contributed by atoms with E-state index in [0.29, 0.717) is 0 Å². The van der Waals surface area contributed by atoms with Crippen molar-refractivity contribution in [2.75, 3.05) is 12.8 Å². The number of halogens is 1. The Morgan fingerprint density at radius 3 is 2.50 bits per heavy atom. The maximum absolute atomic E-state index is 12.5. The fourth-order valence-electron chi connectivity index (χ4n) is 2.04. The lowest BCUT2D eigenvalue weighted by atomic mass is 10.1. The summed E-state index contributed by atoms with van der Waals surface area (Å²) in [4.78, 5) is 3.94. The van der Waals surface area contributed by atoms with Crippen LogP contribution < -0.4 is 10.5 Å². The first-order valence-electron chi connectivity index (χ1n) is 7.01. The van der Waals surface area contributed by atoms with Crippen molar-refractivity contribution in [3.8, 4) is 22.9 Å². The Labute approximate surface area is 145 Å². The van der Waals surface area contributed by atoms with Crippen molar-refractivity contribution in [2.45, 2.75) is 4.90 Å². The van der Waals surface area contributed by atoms with E-state index in [2.05, 4.69) is 17.6 Å². The predicted octanol–water partition coefficient (Wildman–Crippen LogP) is 4.26. The Morgan fingerprint density at radius 1 is 1.17 bits per heavy atom. The number of aromatic nitrogens is 1. The molecule has 3 N–H and O–H groups in total. The Balaban J connectivity index is 0.000000185. The summed E-state index contributed by atoms with van der Waals surface area (Å²) in [6.45, 7) is 0. The van der Waals surface area contributed by atoms with Crippen LogP contribution in [0.5, 0.6) is 5.75 Å². The molecule has 0 unspecified atom stereocenters. The van der Waals surface area contributed by atoms with Crippen LogP contribution in [-0.2, 0) is 0 Å². The van der Waals surface area contributed by atoms with Crippen LogP contribution in [-0.4, -0.2) is 12.1 Å². The molecule has 0 radical (unpaired) electrons. The average Bonchev–Trinajstić information content (AvgIpc) is 3.03. The fraction of sp³-hybridized carbons (Fsp3) is 0.0556. The van der Waals surface area contributed by atoms with Gasteiger partial charge in [0.1, 0.15) is 11.6 Å². The first kappa shape index (κ1) is 17.4. The van der Waals surface area contributed by atoms with Gasteiger partial charge in [0.05, 0.1) is 24.4 Å². The molecular weight excluding hydrogens is 325 g/mol. The van der Waals surface area contributed by atoms with E-state index in [-0.39, 0.29) is 11.3 Å². The van der Waals surface area contributed by atoms with E-state index < -0.39 is 5.82 Å². The lowest BCUT2D eigenvalue weighted by Crippen LogP contribution is -1.89. The van der Waals surface area contributed by atoms with Gasteiger partial charge in [-0.1, -0.05) is 18.2 Å². The Hall–Kier alpha value is -2.91. The number of aromatic amines is 1. The summed E-state index contributed by atoms with van der Waals surface area (Å²) < 4.78 is 17.8. The molecule has 3 rings (SSSR count). The number of hydrogen-bond donors (Lipinski definition) is 3. The molecule has 1 aromatic heterocycles. The van der Waals surface area contributed by atoms with Gasteiger partial charge in [0.2, 0.25) is 0 Å². The number of hydrogen-bond acceptors (Lipinski definition) is 4. The number of H-pyrrole nitrogens is 1. The van der Waals surface area contributed by atoms with Gasteiger partial charge in [-0.05, 0) is 24.3 Å². The first-order chi connectivity index (χ1) is 11.6. The standard InChI is InChI=1S/C11H11NOS.C7H5FN2/c1-13-10-5-3-2-4-8(10)9-6-12-7-11(9)14;8-6-3-5(4-9)1-2-7(6)10/h2-7,12,14H,1H3;1-3H,10H2. The number of ether oxygens (including phenoxy) is 1. The van der Waals surface area contributed by atoms with Crippen molar-refractivity contribution in [2.24, 2.45) is 0 Å². The molecule has 0 bridgehead atoms. The van der Waals surface area contributed by atoms with E-state index in [4.69, 9.17) is 15.7 Å². The number of nitrogens with one attached hydrogen (secondary N) is 1. The van der Waals surface area contributed by atoms with Crippen LogP contribution in [0.1, 0.15) is 5.56 Å². The lowest BCUT2D eigenvalue weighted by molar-refractivity contribution is 0.416. The fourth-order valence-corrected chi connectivity index (χ4v) is 2.29. The van der Waals surface area contributed by atoms with Crippen LogP contribution in [0.3, 0.4) is 0 Å². The third-order valence-corrected chi connectivity index (χ3v) is 3.62. The highest BCUT2D eigenvalue weighted by Gasteiger charge is 2.07. The zero-order valence-corrected chi connectivity index (χ0v) is 13.8. The summed E-state index contributed by atoms with van der Waals surface area (Å²) in [6.07, 6.45) is 3.77. The maximum atomic E-state index is 12.5. The molecule has 0 spiro atoms. The van der Waals surface area contributed by atoms with Crippen molar-refractivity contribution in [1.82, 2.24) is 4.98 Å². The Bertz CT molecular complexity index is 871. The van der Waals surface area contributed by atoms with Crippen molar-refractivity contribution in [3.05, 3.63) is 66.2 Å². The molecule has 122 valence electrons. The second-order valence-electron chi connectivity index (χ2n) is 4.80. The molecular formula is C18H16FN3OS. The molecule has 0 saturated carbocycles. The van der Waals surface area contributed by atoms with Gasteiger partial charge in [0, 0.05) is 28.4 Å². The van der Waals surface area contributed by atoms with Crippen LogP contribution in [0.2, 0.25) is 0 Å². The van der Waals surface area contributed by atoms with E-state index in [9.17, 15) is 4.39 Å². The number of nitrogens with zero attached hydrogens (tertiary/aromatic N) is 1. The highest BCUT2D eigenvalue weighted by molar-refractivity contribution is 7.80. The summed E-state index contributed by atoms with van der Waals surface area (Å²) in [6, 6.07) is 13.6. The van der Waals surface area contributed by atoms with E-state index >= 15 is 0 Å². The number of nitrogen functional groups attached to an aromatic ring is 1. The zero-order valence-electron chi connectivity index (χ0n) is 13.0. The number of para-hydroxylation sites is 1. The minimum atomic E-state index is -0.543. The molecule has 3 aromatic rings. The third kappa shape index (κ3) is 4.09. The van der Waals surface area contributed by atoms with Gasteiger partial charge in [-0.3, -0.25) is 0 Å². The largest absolute Gasteiger partial charge is 0.496 e. The monoisotopic (exact) mass is 341 g/mol. The minimum Gasteiger partial charge on any atom is -0.496 e. The molecule has 4 nitrogen and oxygen atoms in total. The molecule has 0 fully saturated rings. The molecule has 2 aromatic carbocycles. The summed E-state index contributed by atoms with van der Waals surface area (Å²) in [5.41, 5.74) is 7.63. The zero-order chi connectivity index (χ0) is 17.5. The number of rotatable bonds is 2. The van der Waals surface area contributed by atoms with Gasteiger partial charge >= 0.3 is 0 Å². The topological polar surface area (TPSA) is 74.8 Å². The van der Waals surface area contributed by atoms with Gasteiger partial charge in [0.15, 0.2) is 0 Å². The van der Waals surface area contributed by atoms with Gasteiger partial charge in [-0.15, -0.1) is 12.6 Å². The van der Waals surface area contributed by atoms with E-state index in [1.807, 2.05) is 36.7 Å². The van der Waals surface area contributed by atoms with Crippen LogP contribution in [0.4, 0.5) is 10.1 Å². The smallest absolute Gasteiger partial charge is 0.147 e. The predicted molar refractivity (Wildman–Crippen MR) is 95.6 cm³/mol. The average molecular weight is 341 g/mol. The molecule has 0 atom stereocenters. The molecule has 0 aliphatic rings. The summed E-state index contributed by atoms with van der Waals surface area (Å²) >= 11 is 4.36.